The third-order valence-corrected chi connectivity index (χ3v) is 1.07. The topological polar surface area (TPSA) is 34.9 Å². The quantitative estimate of drug-likeness (QED) is 0.629. The Morgan fingerprint density at radius 1 is 1.31 bits per heavy atom. The lowest BCUT2D eigenvalue weighted by Crippen LogP contribution is -1.95. The summed E-state index contributed by atoms with van der Waals surface area (Å²) in [5, 5.41) is 3.88. The molecule has 0 radical (unpaired) electrons. The monoisotopic (exact) mass is 184 g/mol. The second kappa shape index (κ2) is 8.97. The molecule has 3 nitrogen and oxygen atoms in total. The van der Waals surface area contributed by atoms with E-state index in [4.69, 9.17) is 0 Å². The summed E-state index contributed by atoms with van der Waals surface area (Å²) in [6.45, 7) is 9.50. The highest BCUT2D eigenvalue weighted by Gasteiger charge is 1.99. The number of aromatic nitrogens is 2. The Morgan fingerprint density at radius 2 is 1.77 bits per heavy atom. The normalized spacial score (nSPS) is 7.54. The highest BCUT2D eigenvalue weighted by Crippen LogP contribution is 1.93. The van der Waals surface area contributed by atoms with Gasteiger partial charge in [-0.25, -0.2) is 0 Å². The predicted molar refractivity (Wildman–Crippen MR) is 55.9 cm³/mol. The summed E-state index contributed by atoms with van der Waals surface area (Å²) in [5.41, 5.74) is 0.525. The zero-order chi connectivity index (χ0) is 10.9. The minimum atomic E-state index is 0.00981. The number of carbonyl (C=O) groups is 1. The van der Waals surface area contributed by atoms with Crippen LogP contribution in [0.4, 0.5) is 0 Å². The highest BCUT2D eigenvalue weighted by atomic mass is 16.1. The fraction of sp³-hybridized carbons (Fsp3) is 0.600. The summed E-state index contributed by atoms with van der Waals surface area (Å²) in [7, 11) is 1.78. The Bertz CT molecular complexity index is 229. The van der Waals surface area contributed by atoms with E-state index in [1.807, 2.05) is 27.7 Å². The third-order valence-electron chi connectivity index (χ3n) is 1.07. The number of Topliss-reactive ketones (excluding diaryl/α,β-unsaturated/α-hetero) is 1. The van der Waals surface area contributed by atoms with Gasteiger partial charge in [0.05, 0.1) is 0 Å². The maximum Gasteiger partial charge on any atom is 0.179 e. The molecule has 0 unspecified atom stereocenters. The van der Waals surface area contributed by atoms with E-state index in [2.05, 4.69) is 5.10 Å². The molecular weight excluding hydrogens is 164 g/mol. The standard InChI is InChI=1S/C6H8N2O.2C2H6/c1-5(9)6-3-4-8(2)7-6;2*1-2/h3-4H,1-2H3;2*1-2H3. The number of hydrogen-bond donors (Lipinski definition) is 0. The van der Waals surface area contributed by atoms with Gasteiger partial charge in [-0.2, -0.15) is 5.10 Å². The van der Waals surface area contributed by atoms with Crippen LogP contribution >= 0.6 is 0 Å². The molecule has 0 fully saturated rings. The van der Waals surface area contributed by atoms with E-state index in [0.29, 0.717) is 5.69 Å². The fourth-order valence-electron chi connectivity index (χ4n) is 0.603. The molecule has 0 spiro atoms. The van der Waals surface area contributed by atoms with Gasteiger partial charge in [0.2, 0.25) is 0 Å². The number of nitrogens with zero attached hydrogens (tertiary/aromatic N) is 2. The van der Waals surface area contributed by atoms with Crippen molar-refractivity contribution in [3.63, 3.8) is 0 Å². The Labute approximate surface area is 80.8 Å². The van der Waals surface area contributed by atoms with Crippen molar-refractivity contribution < 1.29 is 4.79 Å². The molecule has 0 amide bonds. The Hall–Kier alpha value is -1.12. The van der Waals surface area contributed by atoms with Crippen LogP contribution in [0.5, 0.6) is 0 Å². The van der Waals surface area contributed by atoms with E-state index in [0.717, 1.165) is 0 Å². The van der Waals surface area contributed by atoms with Crippen molar-refractivity contribution in [2.75, 3.05) is 0 Å². The van der Waals surface area contributed by atoms with Crippen LogP contribution in [0.2, 0.25) is 0 Å². The Kier molecular flexibility index (Phi) is 9.94. The zero-order valence-corrected chi connectivity index (χ0v) is 9.46. The van der Waals surface area contributed by atoms with E-state index in [-0.39, 0.29) is 5.78 Å². The number of hydrogen-bond acceptors (Lipinski definition) is 2. The van der Waals surface area contributed by atoms with Crippen LogP contribution in [0.1, 0.15) is 45.1 Å². The van der Waals surface area contributed by atoms with Crippen LogP contribution in [0.3, 0.4) is 0 Å². The van der Waals surface area contributed by atoms with Gasteiger partial charge in [0.1, 0.15) is 5.69 Å². The van der Waals surface area contributed by atoms with Crippen molar-refractivity contribution >= 4 is 5.78 Å². The molecule has 0 bridgehead atoms. The second-order valence-corrected chi connectivity index (χ2v) is 1.93. The Morgan fingerprint density at radius 3 is 1.92 bits per heavy atom. The van der Waals surface area contributed by atoms with Gasteiger partial charge in [-0.05, 0) is 6.07 Å². The largest absolute Gasteiger partial charge is 0.293 e. The van der Waals surface area contributed by atoms with Crippen LogP contribution in [0.15, 0.2) is 12.3 Å². The minimum absolute atomic E-state index is 0.00981. The van der Waals surface area contributed by atoms with Crippen molar-refractivity contribution in [3.8, 4) is 0 Å². The third kappa shape index (κ3) is 6.08. The van der Waals surface area contributed by atoms with Gasteiger partial charge in [0, 0.05) is 20.2 Å². The molecule has 0 saturated heterocycles. The SMILES string of the molecule is CC.CC.CC(=O)c1ccn(C)n1. The first-order valence-electron chi connectivity index (χ1n) is 4.71. The summed E-state index contributed by atoms with van der Waals surface area (Å²) >= 11 is 0. The molecule has 1 rings (SSSR count). The lowest BCUT2D eigenvalue weighted by atomic mass is 10.3. The van der Waals surface area contributed by atoms with Crippen molar-refractivity contribution in [2.45, 2.75) is 34.6 Å². The maximum atomic E-state index is 10.6. The number of ketones is 1. The van der Waals surface area contributed by atoms with Crippen LogP contribution in [-0.4, -0.2) is 15.6 Å². The van der Waals surface area contributed by atoms with Gasteiger partial charge in [-0.15, -0.1) is 0 Å². The van der Waals surface area contributed by atoms with E-state index in [1.165, 1.54) is 6.92 Å². The van der Waals surface area contributed by atoms with E-state index < -0.39 is 0 Å². The summed E-state index contributed by atoms with van der Waals surface area (Å²) in [4.78, 5) is 10.6. The van der Waals surface area contributed by atoms with Gasteiger partial charge in [0.25, 0.3) is 0 Å². The first-order valence-corrected chi connectivity index (χ1v) is 4.71. The molecule has 1 aromatic heterocycles. The molecule has 1 heterocycles. The molecular formula is C10H20N2O. The van der Waals surface area contributed by atoms with Gasteiger partial charge in [0.15, 0.2) is 5.78 Å². The number of carbonyl (C=O) groups excluding carboxylic acids is 1. The average molecular weight is 184 g/mol. The van der Waals surface area contributed by atoms with Crippen LogP contribution in [0, 0.1) is 0 Å². The van der Waals surface area contributed by atoms with Crippen LogP contribution < -0.4 is 0 Å². The van der Waals surface area contributed by atoms with Crippen molar-refractivity contribution in [3.05, 3.63) is 18.0 Å². The molecule has 1 aromatic rings. The molecule has 0 aliphatic rings. The van der Waals surface area contributed by atoms with Crippen molar-refractivity contribution in [1.29, 1.82) is 0 Å². The first-order chi connectivity index (χ1) is 6.20. The molecule has 13 heavy (non-hydrogen) atoms. The van der Waals surface area contributed by atoms with Crippen LogP contribution in [-0.2, 0) is 7.05 Å². The molecule has 0 saturated carbocycles. The van der Waals surface area contributed by atoms with E-state index in [9.17, 15) is 4.79 Å². The molecule has 0 N–H and O–H groups in total. The Balaban J connectivity index is 0. The van der Waals surface area contributed by atoms with Gasteiger partial charge < -0.3 is 0 Å². The van der Waals surface area contributed by atoms with Gasteiger partial charge in [-0.3, -0.25) is 9.48 Å². The second-order valence-electron chi connectivity index (χ2n) is 1.93. The maximum absolute atomic E-state index is 10.6. The summed E-state index contributed by atoms with van der Waals surface area (Å²) < 4.78 is 1.61. The lowest BCUT2D eigenvalue weighted by Gasteiger charge is -1.83. The molecule has 0 aliphatic heterocycles. The van der Waals surface area contributed by atoms with Crippen LogP contribution in [0.25, 0.3) is 0 Å². The molecule has 0 aromatic carbocycles. The molecule has 0 aliphatic carbocycles. The van der Waals surface area contributed by atoms with Crippen molar-refractivity contribution in [2.24, 2.45) is 7.05 Å². The average Bonchev–Trinajstić information content (AvgIpc) is 2.59. The zero-order valence-electron chi connectivity index (χ0n) is 9.46. The molecule has 3 heteroatoms. The molecule has 76 valence electrons. The van der Waals surface area contributed by atoms with Crippen molar-refractivity contribution in [1.82, 2.24) is 9.78 Å². The van der Waals surface area contributed by atoms with E-state index in [1.54, 1.807) is 24.0 Å². The predicted octanol–water partition coefficient (Wildman–Crippen LogP) is 2.68. The highest BCUT2D eigenvalue weighted by molar-refractivity contribution is 5.91. The van der Waals surface area contributed by atoms with E-state index >= 15 is 0 Å². The van der Waals surface area contributed by atoms with Gasteiger partial charge in [-0.1, -0.05) is 27.7 Å². The summed E-state index contributed by atoms with van der Waals surface area (Å²) in [6, 6.07) is 1.70. The lowest BCUT2D eigenvalue weighted by molar-refractivity contribution is 0.101. The summed E-state index contributed by atoms with van der Waals surface area (Å²) in [5.74, 6) is 0.00981. The van der Waals surface area contributed by atoms with Gasteiger partial charge >= 0.3 is 0 Å². The first kappa shape index (κ1) is 14.4. The number of rotatable bonds is 1. The minimum Gasteiger partial charge on any atom is -0.293 e. The fourth-order valence-corrected chi connectivity index (χ4v) is 0.603. The smallest absolute Gasteiger partial charge is 0.179 e. The molecule has 0 atom stereocenters. The summed E-state index contributed by atoms with van der Waals surface area (Å²) in [6.07, 6.45) is 1.75. The number of aryl methyl sites for hydroxylation is 1.